The molecule has 22 heavy (non-hydrogen) atoms. The van der Waals surface area contributed by atoms with Crippen LogP contribution in [0, 0.1) is 0 Å². The Hall–Kier alpha value is -2.18. The van der Waals surface area contributed by atoms with Gasteiger partial charge in [0.2, 0.25) is 0 Å². The van der Waals surface area contributed by atoms with E-state index >= 15 is 0 Å². The quantitative estimate of drug-likeness (QED) is 0.625. The van der Waals surface area contributed by atoms with E-state index in [9.17, 15) is 14.7 Å². The van der Waals surface area contributed by atoms with E-state index in [4.69, 9.17) is 11.6 Å². The Labute approximate surface area is 132 Å². The lowest BCUT2D eigenvalue weighted by Crippen LogP contribution is -2.35. The zero-order valence-electron chi connectivity index (χ0n) is 12.0. The van der Waals surface area contributed by atoms with Gasteiger partial charge in [-0.2, -0.15) is 5.10 Å². The number of hydrogen-bond acceptors (Lipinski definition) is 4. The summed E-state index contributed by atoms with van der Waals surface area (Å²) < 4.78 is 1.56. The number of aliphatic hydroxyl groups is 1. The number of aryl methyl sites for hydroxylation is 1. The molecule has 0 saturated heterocycles. The summed E-state index contributed by atoms with van der Waals surface area (Å²) in [7, 11) is 0. The molecule has 1 heterocycles. The minimum atomic E-state index is -0.787. The van der Waals surface area contributed by atoms with Gasteiger partial charge >= 0.3 is 0 Å². The Morgan fingerprint density at radius 1 is 1.36 bits per heavy atom. The van der Waals surface area contributed by atoms with Crippen molar-refractivity contribution in [3.05, 3.63) is 52.8 Å². The van der Waals surface area contributed by atoms with E-state index in [1.807, 2.05) is 6.92 Å². The molecule has 1 aromatic carbocycles. The average Bonchev–Trinajstić information content (AvgIpc) is 3.01. The summed E-state index contributed by atoms with van der Waals surface area (Å²) in [4.78, 5) is 24.1. The van der Waals surface area contributed by atoms with Gasteiger partial charge in [0.15, 0.2) is 0 Å². The molecule has 0 aliphatic carbocycles. The van der Waals surface area contributed by atoms with Crippen molar-refractivity contribution in [3.63, 3.8) is 0 Å². The van der Waals surface area contributed by atoms with Gasteiger partial charge in [0.25, 0.3) is 11.7 Å². The third-order valence-electron chi connectivity index (χ3n) is 3.19. The first-order chi connectivity index (χ1) is 10.5. The fourth-order valence-electron chi connectivity index (χ4n) is 1.94. The number of rotatable bonds is 6. The van der Waals surface area contributed by atoms with Crippen molar-refractivity contribution in [1.82, 2.24) is 15.1 Å². The lowest BCUT2D eigenvalue weighted by molar-refractivity contribution is -0.118. The van der Waals surface area contributed by atoms with E-state index < -0.39 is 17.7 Å². The lowest BCUT2D eigenvalue weighted by atomic mass is 10.1. The van der Waals surface area contributed by atoms with E-state index in [2.05, 4.69) is 10.4 Å². The van der Waals surface area contributed by atoms with E-state index in [-0.39, 0.29) is 12.2 Å². The average molecular weight is 322 g/mol. The fraction of sp³-hybridized carbons (Fsp3) is 0.267. The van der Waals surface area contributed by atoms with Crippen LogP contribution >= 0.6 is 11.6 Å². The summed E-state index contributed by atoms with van der Waals surface area (Å²) in [5, 5.41) is 16.4. The minimum absolute atomic E-state index is 0.215. The smallest absolute Gasteiger partial charge is 0.293 e. The molecule has 0 radical (unpaired) electrons. The number of aliphatic hydroxyl groups excluding tert-OH is 1. The molecule has 2 rings (SSSR count). The third-order valence-corrected chi connectivity index (χ3v) is 3.44. The van der Waals surface area contributed by atoms with Crippen molar-refractivity contribution < 1.29 is 14.7 Å². The summed E-state index contributed by atoms with van der Waals surface area (Å²) >= 11 is 5.80. The first-order valence-electron chi connectivity index (χ1n) is 6.79. The maximum Gasteiger partial charge on any atom is 0.293 e. The van der Waals surface area contributed by atoms with Crippen LogP contribution in [0.15, 0.2) is 36.7 Å². The molecule has 0 aliphatic heterocycles. The van der Waals surface area contributed by atoms with Gasteiger partial charge in [0.1, 0.15) is 0 Å². The Bertz CT molecular complexity index is 667. The number of amides is 1. The molecular weight excluding hydrogens is 306 g/mol. The Kier molecular flexibility index (Phi) is 5.30. The van der Waals surface area contributed by atoms with Gasteiger partial charge in [-0.05, 0) is 24.6 Å². The number of aromatic nitrogens is 2. The molecule has 1 aromatic heterocycles. The molecule has 0 spiro atoms. The zero-order valence-corrected chi connectivity index (χ0v) is 12.7. The molecule has 0 fully saturated rings. The highest BCUT2D eigenvalue weighted by Crippen LogP contribution is 2.16. The summed E-state index contributed by atoms with van der Waals surface area (Å²) in [6.07, 6.45) is 2.86. The Morgan fingerprint density at radius 2 is 2.05 bits per heavy atom. The molecule has 0 bridgehead atoms. The number of Topliss-reactive ketones (excluding diaryl/α,β-unsaturated/α-hetero) is 1. The number of nitrogens with one attached hydrogen (secondary N) is 1. The first kappa shape index (κ1) is 16.2. The van der Waals surface area contributed by atoms with E-state index in [0.717, 1.165) is 0 Å². The van der Waals surface area contributed by atoms with Crippen LogP contribution in [0.3, 0.4) is 0 Å². The van der Waals surface area contributed by atoms with Gasteiger partial charge in [0.05, 0.1) is 24.4 Å². The van der Waals surface area contributed by atoms with E-state index in [1.165, 1.54) is 12.4 Å². The van der Waals surface area contributed by atoms with Crippen LogP contribution in [0.4, 0.5) is 0 Å². The summed E-state index contributed by atoms with van der Waals surface area (Å²) in [5.74, 6) is -1.48. The van der Waals surface area contributed by atoms with Gasteiger partial charge < -0.3 is 10.4 Å². The second kappa shape index (κ2) is 7.20. The highest BCUT2D eigenvalue weighted by atomic mass is 35.5. The minimum Gasteiger partial charge on any atom is -0.394 e. The van der Waals surface area contributed by atoms with Gasteiger partial charge in [-0.3, -0.25) is 14.3 Å². The third kappa shape index (κ3) is 3.72. The number of carbonyl (C=O) groups is 2. The summed E-state index contributed by atoms with van der Waals surface area (Å²) in [6.45, 7) is 2.16. The Balaban J connectivity index is 2.08. The van der Waals surface area contributed by atoms with Crippen LogP contribution in [0.2, 0.25) is 5.02 Å². The molecule has 7 heteroatoms. The number of benzene rings is 1. The second-order valence-electron chi connectivity index (χ2n) is 4.67. The molecule has 6 nitrogen and oxygen atoms in total. The number of carbonyl (C=O) groups excluding carboxylic acids is 2. The molecule has 116 valence electrons. The molecule has 0 aliphatic rings. The van der Waals surface area contributed by atoms with E-state index in [0.29, 0.717) is 17.1 Å². The van der Waals surface area contributed by atoms with Crippen LogP contribution in [-0.2, 0) is 11.3 Å². The standard InChI is InChI=1S/C15H16ClN3O3/c1-2-19-8-11(7-17-19)14(21)15(22)18-13(9-20)10-3-5-12(16)6-4-10/h3-8,13,20H,2,9H2,1H3,(H,18,22). The van der Waals surface area contributed by atoms with Gasteiger partial charge in [-0.1, -0.05) is 23.7 Å². The van der Waals surface area contributed by atoms with Crippen LogP contribution in [0.5, 0.6) is 0 Å². The van der Waals surface area contributed by atoms with Crippen molar-refractivity contribution in [2.75, 3.05) is 6.61 Å². The largest absolute Gasteiger partial charge is 0.394 e. The maximum absolute atomic E-state index is 12.0. The van der Waals surface area contributed by atoms with Crippen molar-refractivity contribution in [2.24, 2.45) is 0 Å². The highest BCUT2D eigenvalue weighted by molar-refractivity contribution is 6.42. The zero-order chi connectivity index (χ0) is 16.1. The van der Waals surface area contributed by atoms with Crippen molar-refractivity contribution in [1.29, 1.82) is 0 Å². The first-order valence-corrected chi connectivity index (χ1v) is 7.17. The second-order valence-corrected chi connectivity index (χ2v) is 5.11. The van der Waals surface area contributed by atoms with E-state index in [1.54, 1.807) is 28.9 Å². The predicted molar refractivity (Wildman–Crippen MR) is 81.7 cm³/mol. The number of halogens is 1. The van der Waals surface area contributed by atoms with Crippen molar-refractivity contribution >= 4 is 23.3 Å². The lowest BCUT2D eigenvalue weighted by Gasteiger charge is -2.16. The van der Waals surface area contributed by atoms with Crippen LogP contribution in [0.25, 0.3) is 0 Å². The van der Waals surface area contributed by atoms with Crippen LogP contribution in [-0.4, -0.2) is 33.2 Å². The molecule has 2 aromatic rings. The van der Waals surface area contributed by atoms with Gasteiger partial charge in [-0.25, -0.2) is 0 Å². The molecular formula is C15H16ClN3O3. The monoisotopic (exact) mass is 321 g/mol. The Morgan fingerprint density at radius 3 is 2.59 bits per heavy atom. The normalized spacial score (nSPS) is 12.0. The predicted octanol–water partition coefficient (Wildman–Crippen LogP) is 1.59. The van der Waals surface area contributed by atoms with Crippen LogP contribution in [0.1, 0.15) is 28.9 Å². The summed E-state index contributed by atoms with van der Waals surface area (Å²) in [6, 6.07) is 6.00. The number of hydrogen-bond donors (Lipinski definition) is 2. The molecule has 1 atom stereocenters. The van der Waals surface area contributed by atoms with Gasteiger partial charge in [-0.15, -0.1) is 0 Å². The molecule has 0 saturated carbocycles. The molecule has 2 N–H and O–H groups in total. The maximum atomic E-state index is 12.0. The highest BCUT2D eigenvalue weighted by Gasteiger charge is 2.22. The van der Waals surface area contributed by atoms with Crippen molar-refractivity contribution in [3.8, 4) is 0 Å². The topological polar surface area (TPSA) is 84.2 Å². The fourth-order valence-corrected chi connectivity index (χ4v) is 2.06. The van der Waals surface area contributed by atoms with Gasteiger partial charge in [0, 0.05) is 17.8 Å². The SMILES string of the molecule is CCn1cc(C(=O)C(=O)NC(CO)c2ccc(Cl)cc2)cn1. The molecule has 1 unspecified atom stereocenters. The molecule has 1 amide bonds. The van der Waals surface area contributed by atoms with Crippen LogP contribution < -0.4 is 5.32 Å². The number of nitrogens with zero attached hydrogens (tertiary/aromatic N) is 2. The number of ketones is 1. The van der Waals surface area contributed by atoms with Crippen molar-refractivity contribution in [2.45, 2.75) is 19.5 Å². The summed E-state index contributed by atoms with van der Waals surface area (Å²) in [5.41, 5.74) is 0.879.